The van der Waals surface area contributed by atoms with Gasteiger partial charge in [-0.3, -0.25) is 4.98 Å². The largest absolute Gasteiger partial charge is 0.312 e. The molecule has 1 aromatic heterocycles. The number of aromatic nitrogens is 1. The van der Waals surface area contributed by atoms with Gasteiger partial charge < -0.3 is 10.2 Å². The Bertz CT molecular complexity index is 369. The van der Waals surface area contributed by atoms with Crippen LogP contribution in [0.2, 0.25) is 0 Å². The molecule has 1 fully saturated rings. The fourth-order valence-corrected chi connectivity index (χ4v) is 3.55. The number of hydrogen-bond donors (Lipinski definition) is 1. The molecule has 0 amide bonds. The molecule has 3 heteroatoms. The van der Waals surface area contributed by atoms with Gasteiger partial charge in [-0.05, 0) is 57.6 Å². The minimum absolute atomic E-state index is 0.319. The Morgan fingerprint density at radius 3 is 2.42 bits per heavy atom. The van der Waals surface area contributed by atoms with E-state index in [0.717, 1.165) is 13.0 Å². The molecule has 1 heterocycles. The van der Waals surface area contributed by atoms with Gasteiger partial charge in [0.1, 0.15) is 0 Å². The SMILES string of the molecule is CCNC(Cc1ccncc1)C1(N(C)C)CCCC1. The van der Waals surface area contributed by atoms with Gasteiger partial charge >= 0.3 is 0 Å². The third kappa shape index (κ3) is 3.15. The summed E-state index contributed by atoms with van der Waals surface area (Å²) in [4.78, 5) is 6.57. The lowest BCUT2D eigenvalue weighted by Gasteiger charge is -2.44. The Morgan fingerprint density at radius 2 is 1.89 bits per heavy atom. The van der Waals surface area contributed by atoms with Crippen molar-refractivity contribution >= 4 is 0 Å². The lowest BCUT2D eigenvalue weighted by Crippen LogP contribution is -2.58. The molecule has 3 nitrogen and oxygen atoms in total. The van der Waals surface area contributed by atoms with Gasteiger partial charge in [0, 0.05) is 24.0 Å². The van der Waals surface area contributed by atoms with E-state index in [0.29, 0.717) is 11.6 Å². The van der Waals surface area contributed by atoms with Gasteiger partial charge in [-0.1, -0.05) is 19.8 Å². The molecule has 0 bridgehead atoms. The highest BCUT2D eigenvalue weighted by molar-refractivity contribution is 5.15. The summed E-state index contributed by atoms with van der Waals surface area (Å²) in [7, 11) is 4.48. The van der Waals surface area contributed by atoms with Crippen LogP contribution in [0.25, 0.3) is 0 Å². The Balaban J connectivity index is 2.18. The molecule has 0 aliphatic heterocycles. The summed E-state index contributed by atoms with van der Waals surface area (Å²) >= 11 is 0. The fraction of sp³-hybridized carbons (Fsp3) is 0.688. The van der Waals surface area contributed by atoms with Crippen molar-refractivity contribution in [2.45, 2.75) is 50.6 Å². The zero-order chi connectivity index (χ0) is 13.7. The molecule has 0 saturated heterocycles. The van der Waals surface area contributed by atoms with Crippen LogP contribution >= 0.6 is 0 Å². The van der Waals surface area contributed by atoms with Crippen molar-refractivity contribution in [1.82, 2.24) is 15.2 Å². The fourth-order valence-electron chi connectivity index (χ4n) is 3.55. The van der Waals surface area contributed by atoms with E-state index in [9.17, 15) is 0 Å². The topological polar surface area (TPSA) is 28.2 Å². The van der Waals surface area contributed by atoms with E-state index in [1.165, 1.54) is 31.2 Å². The maximum absolute atomic E-state index is 4.12. The monoisotopic (exact) mass is 261 g/mol. The summed E-state index contributed by atoms with van der Waals surface area (Å²) in [5.41, 5.74) is 1.70. The van der Waals surface area contributed by atoms with E-state index in [-0.39, 0.29) is 0 Å². The molecular formula is C16H27N3. The standard InChI is InChI=1S/C16H27N3/c1-4-18-15(13-14-7-11-17-12-8-14)16(19(2)3)9-5-6-10-16/h7-8,11-12,15,18H,4-6,9-10,13H2,1-3H3. The van der Waals surface area contributed by atoms with Crippen molar-refractivity contribution in [3.05, 3.63) is 30.1 Å². The summed E-state index contributed by atoms with van der Waals surface area (Å²) in [6.07, 6.45) is 10.2. The van der Waals surface area contributed by atoms with Crippen molar-refractivity contribution < 1.29 is 0 Å². The van der Waals surface area contributed by atoms with Gasteiger partial charge in [-0.25, -0.2) is 0 Å². The van der Waals surface area contributed by atoms with Crippen LogP contribution in [0.4, 0.5) is 0 Å². The van der Waals surface area contributed by atoms with Crippen molar-refractivity contribution in [2.75, 3.05) is 20.6 Å². The summed E-state index contributed by atoms with van der Waals surface area (Å²) in [5, 5.41) is 3.73. The molecule has 1 atom stereocenters. The Hall–Kier alpha value is -0.930. The van der Waals surface area contributed by atoms with Crippen molar-refractivity contribution in [3.63, 3.8) is 0 Å². The summed E-state index contributed by atoms with van der Waals surface area (Å²) < 4.78 is 0. The normalized spacial score (nSPS) is 19.8. The van der Waals surface area contributed by atoms with E-state index in [1.54, 1.807) is 0 Å². The van der Waals surface area contributed by atoms with E-state index in [4.69, 9.17) is 0 Å². The molecule has 2 rings (SSSR count). The molecule has 106 valence electrons. The Kier molecular flexibility index (Phi) is 4.94. The first-order valence-electron chi connectivity index (χ1n) is 7.49. The van der Waals surface area contributed by atoms with E-state index in [1.807, 2.05) is 12.4 Å². The molecule has 1 aromatic rings. The molecule has 1 aliphatic carbocycles. The second kappa shape index (κ2) is 6.49. The maximum Gasteiger partial charge on any atom is 0.0359 e. The van der Waals surface area contributed by atoms with Gasteiger partial charge in [0.05, 0.1) is 0 Å². The van der Waals surface area contributed by atoms with Crippen LogP contribution in [0.15, 0.2) is 24.5 Å². The maximum atomic E-state index is 4.12. The van der Waals surface area contributed by atoms with Crippen LogP contribution in [-0.4, -0.2) is 42.1 Å². The summed E-state index contributed by atoms with van der Waals surface area (Å²) in [6, 6.07) is 4.81. The zero-order valence-electron chi connectivity index (χ0n) is 12.5. The number of nitrogens with one attached hydrogen (secondary N) is 1. The third-order valence-corrected chi connectivity index (χ3v) is 4.65. The van der Waals surface area contributed by atoms with Gasteiger partial charge in [0.15, 0.2) is 0 Å². The van der Waals surface area contributed by atoms with Gasteiger partial charge in [-0.15, -0.1) is 0 Å². The predicted octanol–water partition coefficient (Wildman–Crippen LogP) is 2.48. The molecule has 0 spiro atoms. The molecular weight excluding hydrogens is 234 g/mol. The van der Waals surface area contributed by atoms with Crippen LogP contribution in [-0.2, 0) is 6.42 Å². The van der Waals surface area contributed by atoms with Gasteiger partial charge in [0.25, 0.3) is 0 Å². The Morgan fingerprint density at radius 1 is 1.26 bits per heavy atom. The number of nitrogens with zero attached hydrogens (tertiary/aromatic N) is 2. The minimum Gasteiger partial charge on any atom is -0.312 e. The van der Waals surface area contributed by atoms with E-state index >= 15 is 0 Å². The lowest BCUT2D eigenvalue weighted by atomic mass is 9.83. The first-order chi connectivity index (χ1) is 9.19. The second-order valence-electron chi connectivity index (χ2n) is 5.87. The zero-order valence-corrected chi connectivity index (χ0v) is 12.5. The molecule has 0 aromatic carbocycles. The van der Waals surface area contributed by atoms with Gasteiger partial charge in [0.2, 0.25) is 0 Å². The minimum atomic E-state index is 0.319. The van der Waals surface area contributed by atoms with E-state index < -0.39 is 0 Å². The highest BCUT2D eigenvalue weighted by atomic mass is 15.2. The summed E-state index contributed by atoms with van der Waals surface area (Å²) in [5.74, 6) is 0. The van der Waals surface area contributed by atoms with Crippen molar-refractivity contribution in [3.8, 4) is 0 Å². The number of likely N-dealkylation sites (N-methyl/N-ethyl adjacent to an activating group) is 2. The molecule has 1 aliphatic rings. The highest BCUT2D eigenvalue weighted by Crippen LogP contribution is 2.37. The average Bonchev–Trinajstić information content (AvgIpc) is 2.90. The Labute approximate surface area is 117 Å². The number of rotatable bonds is 6. The molecule has 1 saturated carbocycles. The summed E-state index contributed by atoms with van der Waals surface area (Å²) in [6.45, 7) is 3.24. The molecule has 1 N–H and O–H groups in total. The number of pyridine rings is 1. The first-order valence-corrected chi connectivity index (χ1v) is 7.49. The lowest BCUT2D eigenvalue weighted by molar-refractivity contribution is 0.105. The quantitative estimate of drug-likeness (QED) is 0.852. The number of hydrogen-bond acceptors (Lipinski definition) is 3. The van der Waals surface area contributed by atoms with Crippen LogP contribution in [0.3, 0.4) is 0 Å². The van der Waals surface area contributed by atoms with Crippen molar-refractivity contribution in [1.29, 1.82) is 0 Å². The van der Waals surface area contributed by atoms with Crippen LogP contribution in [0, 0.1) is 0 Å². The molecule has 1 unspecified atom stereocenters. The smallest absolute Gasteiger partial charge is 0.0359 e. The van der Waals surface area contributed by atoms with Crippen LogP contribution in [0.5, 0.6) is 0 Å². The van der Waals surface area contributed by atoms with Crippen molar-refractivity contribution in [2.24, 2.45) is 0 Å². The third-order valence-electron chi connectivity index (χ3n) is 4.65. The average molecular weight is 261 g/mol. The molecule has 0 radical (unpaired) electrons. The first kappa shape index (κ1) is 14.5. The molecule has 19 heavy (non-hydrogen) atoms. The van der Waals surface area contributed by atoms with Gasteiger partial charge in [-0.2, -0.15) is 0 Å². The predicted molar refractivity (Wildman–Crippen MR) is 80.3 cm³/mol. The van der Waals surface area contributed by atoms with E-state index in [2.05, 4.69) is 48.4 Å². The van der Waals surface area contributed by atoms with Crippen LogP contribution in [0.1, 0.15) is 38.2 Å². The van der Waals surface area contributed by atoms with Crippen LogP contribution < -0.4 is 5.32 Å². The highest BCUT2D eigenvalue weighted by Gasteiger charge is 2.42. The second-order valence-corrected chi connectivity index (χ2v) is 5.87.